The van der Waals surface area contributed by atoms with Crippen molar-refractivity contribution in [1.82, 2.24) is 5.32 Å². The Balaban J connectivity index is 1.54. The van der Waals surface area contributed by atoms with Crippen LogP contribution in [-0.4, -0.2) is 26.5 Å². The third-order valence-corrected chi connectivity index (χ3v) is 4.41. The molecule has 0 spiro atoms. The predicted octanol–water partition coefficient (Wildman–Crippen LogP) is 4.27. The zero-order valence-corrected chi connectivity index (χ0v) is 14.8. The lowest BCUT2D eigenvalue weighted by Crippen LogP contribution is -2.25. The molecule has 0 saturated heterocycles. The Kier molecular flexibility index (Phi) is 5.34. The van der Waals surface area contributed by atoms with Crippen LogP contribution >= 0.6 is 0 Å². The fourth-order valence-corrected chi connectivity index (χ4v) is 2.97. The first-order valence-corrected chi connectivity index (χ1v) is 8.67. The van der Waals surface area contributed by atoms with Gasteiger partial charge < -0.3 is 10.2 Å². The van der Waals surface area contributed by atoms with Gasteiger partial charge in [0.25, 0.3) is 5.91 Å². The van der Waals surface area contributed by atoms with Crippen molar-refractivity contribution in [3.8, 4) is 0 Å². The van der Waals surface area contributed by atoms with Gasteiger partial charge in [-0.2, -0.15) is 0 Å². The van der Waals surface area contributed by atoms with E-state index >= 15 is 0 Å². The highest BCUT2D eigenvalue weighted by Gasteiger charge is 2.08. The smallest absolute Gasteiger partial charge is 0.251 e. The average Bonchev–Trinajstić information content (AvgIpc) is 2.65. The van der Waals surface area contributed by atoms with Crippen molar-refractivity contribution < 1.29 is 4.79 Å². The minimum absolute atomic E-state index is 0.000226. The SMILES string of the molecule is CN(C)c1ccc(CCCNC(=O)c2cccc3ccccc23)cc1. The number of rotatable bonds is 6. The largest absolute Gasteiger partial charge is 0.378 e. The van der Waals surface area contributed by atoms with Gasteiger partial charge in [-0.15, -0.1) is 0 Å². The molecule has 0 radical (unpaired) electrons. The molecule has 0 atom stereocenters. The summed E-state index contributed by atoms with van der Waals surface area (Å²) in [5, 5.41) is 5.14. The molecule has 3 heteroatoms. The summed E-state index contributed by atoms with van der Waals surface area (Å²) in [4.78, 5) is 14.6. The summed E-state index contributed by atoms with van der Waals surface area (Å²) in [5.41, 5.74) is 3.24. The highest BCUT2D eigenvalue weighted by Crippen LogP contribution is 2.18. The van der Waals surface area contributed by atoms with Crippen molar-refractivity contribution in [3.63, 3.8) is 0 Å². The zero-order chi connectivity index (χ0) is 17.6. The van der Waals surface area contributed by atoms with Crippen LogP contribution in [0.25, 0.3) is 10.8 Å². The van der Waals surface area contributed by atoms with E-state index in [2.05, 4.69) is 34.5 Å². The van der Waals surface area contributed by atoms with Crippen LogP contribution in [0.5, 0.6) is 0 Å². The standard InChI is InChI=1S/C22H24N2O/c1-24(2)19-14-12-17(13-15-19)7-6-16-23-22(25)21-11-5-9-18-8-3-4-10-20(18)21/h3-5,8-15H,6-7,16H2,1-2H3,(H,23,25). The van der Waals surface area contributed by atoms with Crippen molar-refractivity contribution in [2.75, 3.05) is 25.5 Å². The summed E-state index contributed by atoms with van der Waals surface area (Å²) in [6.45, 7) is 0.678. The van der Waals surface area contributed by atoms with Gasteiger partial charge in [0, 0.05) is 31.9 Å². The summed E-state index contributed by atoms with van der Waals surface area (Å²) in [7, 11) is 4.08. The average molecular weight is 332 g/mol. The lowest BCUT2D eigenvalue weighted by atomic mass is 10.0. The molecular weight excluding hydrogens is 308 g/mol. The molecule has 3 nitrogen and oxygen atoms in total. The van der Waals surface area contributed by atoms with Gasteiger partial charge in [-0.05, 0) is 47.4 Å². The number of carbonyl (C=O) groups excluding carboxylic acids is 1. The summed E-state index contributed by atoms with van der Waals surface area (Å²) in [5.74, 6) is -0.000226. The maximum Gasteiger partial charge on any atom is 0.251 e. The molecule has 3 rings (SSSR count). The highest BCUT2D eigenvalue weighted by molar-refractivity contribution is 6.06. The van der Waals surface area contributed by atoms with Crippen LogP contribution in [0.2, 0.25) is 0 Å². The minimum Gasteiger partial charge on any atom is -0.378 e. The van der Waals surface area contributed by atoms with E-state index in [4.69, 9.17) is 0 Å². The predicted molar refractivity (Wildman–Crippen MR) is 105 cm³/mol. The number of carbonyl (C=O) groups is 1. The van der Waals surface area contributed by atoms with E-state index in [0.717, 1.165) is 29.2 Å². The van der Waals surface area contributed by atoms with E-state index in [1.807, 2.05) is 56.6 Å². The Morgan fingerprint density at radius 1 is 0.920 bits per heavy atom. The van der Waals surface area contributed by atoms with Crippen molar-refractivity contribution >= 4 is 22.4 Å². The molecule has 3 aromatic carbocycles. The van der Waals surface area contributed by atoms with E-state index in [1.54, 1.807) is 0 Å². The van der Waals surface area contributed by atoms with Gasteiger partial charge in [0.15, 0.2) is 0 Å². The van der Waals surface area contributed by atoms with Crippen molar-refractivity contribution in [2.24, 2.45) is 0 Å². The molecular formula is C22H24N2O. The Hall–Kier alpha value is -2.81. The molecule has 0 unspecified atom stereocenters. The molecule has 0 heterocycles. The van der Waals surface area contributed by atoms with Gasteiger partial charge in [0.2, 0.25) is 0 Å². The highest BCUT2D eigenvalue weighted by atomic mass is 16.1. The monoisotopic (exact) mass is 332 g/mol. The van der Waals surface area contributed by atoms with Crippen LogP contribution in [0.1, 0.15) is 22.3 Å². The third kappa shape index (κ3) is 4.18. The number of nitrogens with one attached hydrogen (secondary N) is 1. The molecule has 1 N–H and O–H groups in total. The number of nitrogens with zero attached hydrogens (tertiary/aromatic N) is 1. The van der Waals surface area contributed by atoms with Crippen LogP contribution in [-0.2, 0) is 6.42 Å². The minimum atomic E-state index is -0.000226. The summed E-state index contributed by atoms with van der Waals surface area (Å²) in [6, 6.07) is 22.4. The number of aryl methyl sites for hydroxylation is 1. The zero-order valence-electron chi connectivity index (χ0n) is 14.8. The molecule has 0 aromatic heterocycles. The van der Waals surface area contributed by atoms with Gasteiger partial charge in [-0.1, -0.05) is 48.5 Å². The maximum atomic E-state index is 12.5. The summed E-state index contributed by atoms with van der Waals surface area (Å²) in [6.07, 6.45) is 1.89. The summed E-state index contributed by atoms with van der Waals surface area (Å²) >= 11 is 0. The van der Waals surface area contributed by atoms with E-state index < -0.39 is 0 Å². The number of hydrogen-bond acceptors (Lipinski definition) is 2. The van der Waals surface area contributed by atoms with Gasteiger partial charge in [-0.25, -0.2) is 0 Å². The van der Waals surface area contributed by atoms with Crippen LogP contribution in [0.3, 0.4) is 0 Å². The number of anilines is 1. The quantitative estimate of drug-likeness (QED) is 0.684. The third-order valence-electron chi connectivity index (χ3n) is 4.41. The Morgan fingerprint density at radius 2 is 1.64 bits per heavy atom. The normalized spacial score (nSPS) is 10.6. The van der Waals surface area contributed by atoms with Crippen molar-refractivity contribution in [1.29, 1.82) is 0 Å². The lowest BCUT2D eigenvalue weighted by Gasteiger charge is -2.12. The molecule has 128 valence electrons. The lowest BCUT2D eigenvalue weighted by molar-refractivity contribution is 0.0955. The van der Waals surface area contributed by atoms with Crippen molar-refractivity contribution in [3.05, 3.63) is 77.9 Å². The van der Waals surface area contributed by atoms with Gasteiger partial charge in [0.1, 0.15) is 0 Å². The van der Waals surface area contributed by atoms with E-state index in [0.29, 0.717) is 6.54 Å². The maximum absolute atomic E-state index is 12.5. The fourth-order valence-electron chi connectivity index (χ4n) is 2.97. The van der Waals surface area contributed by atoms with Crippen LogP contribution in [0.4, 0.5) is 5.69 Å². The number of fused-ring (bicyclic) bond motifs is 1. The molecule has 0 bridgehead atoms. The second-order valence-electron chi connectivity index (χ2n) is 6.45. The molecule has 0 saturated carbocycles. The van der Waals surface area contributed by atoms with Crippen LogP contribution in [0, 0.1) is 0 Å². The molecule has 0 aliphatic rings. The van der Waals surface area contributed by atoms with E-state index in [9.17, 15) is 4.79 Å². The second kappa shape index (κ2) is 7.84. The molecule has 0 fully saturated rings. The second-order valence-corrected chi connectivity index (χ2v) is 6.45. The van der Waals surface area contributed by atoms with Gasteiger partial charge >= 0.3 is 0 Å². The fraction of sp³-hybridized carbons (Fsp3) is 0.227. The summed E-state index contributed by atoms with van der Waals surface area (Å²) < 4.78 is 0. The Bertz CT molecular complexity index is 848. The Morgan fingerprint density at radius 3 is 2.40 bits per heavy atom. The number of amides is 1. The Labute approximate surface area is 149 Å². The molecule has 0 aliphatic heterocycles. The van der Waals surface area contributed by atoms with Gasteiger partial charge in [-0.3, -0.25) is 4.79 Å². The molecule has 25 heavy (non-hydrogen) atoms. The van der Waals surface area contributed by atoms with Gasteiger partial charge in [0.05, 0.1) is 0 Å². The number of hydrogen-bond donors (Lipinski definition) is 1. The molecule has 0 aliphatic carbocycles. The first kappa shape index (κ1) is 17.0. The first-order valence-electron chi connectivity index (χ1n) is 8.67. The first-order chi connectivity index (χ1) is 12.1. The molecule has 1 amide bonds. The van der Waals surface area contributed by atoms with E-state index in [-0.39, 0.29) is 5.91 Å². The van der Waals surface area contributed by atoms with Crippen LogP contribution in [0.15, 0.2) is 66.7 Å². The van der Waals surface area contributed by atoms with Crippen LogP contribution < -0.4 is 10.2 Å². The van der Waals surface area contributed by atoms with E-state index in [1.165, 1.54) is 11.3 Å². The molecule has 3 aromatic rings. The van der Waals surface area contributed by atoms with Crippen molar-refractivity contribution in [2.45, 2.75) is 12.8 Å². The number of benzene rings is 3. The topological polar surface area (TPSA) is 32.3 Å².